The summed E-state index contributed by atoms with van der Waals surface area (Å²) in [6, 6.07) is 12.1. The molecule has 1 saturated carbocycles. The van der Waals surface area contributed by atoms with Gasteiger partial charge in [-0.3, -0.25) is 4.21 Å². The Morgan fingerprint density at radius 3 is 2.50 bits per heavy atom. The van der Waals surface area contributed by atoms with Gasteiger partial charge in [-0.25, -0.2) is 0 Å². The van der Waals surface area contributed by atoms with Gasteiger partial charge >= 0.3 is 0 Å². The maximum absolute atomic E-state index is 12.5. The zero-order chi connectivity index (χ0) is 13.9. The summed E-state index contributed by atoms with van der Waals surface area (Å²) in [5, 5.41) is 10.1. The van der Waals surface area contributed by atoms with E-state index in [0.717, 1.165) is 34.7 Å². The van der Waals surface area contributed by atoms with Crippen molar-refractivity contribution in [2.75, 3.05) is 0 Å². The number of nitrogens with one attached hydrogen (secondary N) is 1. The van der Waals surface area contributed by atoms with Crippen LogP contribution in [0, 0.1) is 5.41 Å². The highest BCUT2D eigenvalue weighted by Crippen LogP contribution is 2.27. The lowest BCUT2D eigenvalue weighted by Crippen LogP contribution is -2.12. The van der Waals surface area contributed by atoms with Crippen molar-refractivity contribution >= 4 is 27.8 Å². The third kappa shape index (κ3) is 2.55. The molecule has 2 aromatic rings. The molecule has 0 aromatic heterocycles. The second-order valence-corrected chi connectivity index (χ2v) is 7.15. The average molecular weight is 285 g/mol. The van der Waals surface area contributed by atoms with Crippen LogP contribution < -0.4 is 0 Å². The number of rotatable bonds is 4. The Bertz CT molecular complexity index is 659. The SMILES string of the molecule is N=Cc1ccc(CS(=O)C2CCCC2)c2ccccc12. The minimum absolute atomic E-state index is 0.385. The number of hydrogen-bond acceptors (Lipinski definition) is 2. The van der Waals surface area contributed by atoms with Gasteiger partial charge in [-0.1, -0.05) is 49.2 Å². The summed E-state index contributed by atoms with van der Waals surface area (Å²) in [5.74, 6) is 0.642. The van der Waals surface area contributed by atoms with Crippen LogP contribution in [0.1, 0.15) is 36.8 Å². The Balaban J connectivity index is 1.95. The first kappa shape index (κ1) is 13.5. The minimum Gasteiger partial charge on any atom is -0.308 e. The molecule has 0 saturated heterocycles. The molecule has 104 valence electrons. The molecule has 1 atom stereocenters. The molecule has 2 nitrogen and oxygen atoms in total. The van der Waals surface area contributed by atoms with Crippen LogP contribution in [-0.2, 0) is 16.6 Å². The minimum atomic E-state index is -0.768. The molecule has 1 aliphatic rings. The van der Waals surface area contributed by atoms with Crippen LogP contribution in [0.15, 0.2) is 36.4 Å². The second-order valence-electron chi connectivity index (χ2n) is 5.44. The molecule has 3 heteroatoms. The van der Waals surface area contributed by atoms with Gasteiger partial charge in [0.25, 0.3) is 0 Å². The first-order valence-electron chi connectivity index (χ1n) is 7.18. The van der Waals surface area contributed by atoms with E-state index in [1.807, 2.05) is 30.3 Å². The van der Waals surface area contributed by atoms with E-state index >= 15 is 0 Å². The zero-order valence-electron chi connectivity index (χ0n) is 11.5. The molecule has 20 heavy (non-hydrogen) atoms. The molecule has 2 aromatic carbocycles. The molecule has 1 fully saturated rings. The van der Waals surface area contributed by atoms with E-state index in [9.17, 15) is 4.21 Å². The van der Waals surface area contributed by atoms with Crippen LogP contribution in [0.3, 0.4) is 0 Å². The van der Waals surface area contributed by atoms with Gasteiger partial charge in [-0.15, -0.1) is 0 Å². The highest BCUT2D eigenvalue weighted by atomic mass is 32.2. The van der Waals surface area contributed by atoms with Gasteiger partial charge in [-0.2, -0.15) is 0 Å². The van der Waals surface area contributed by atoms with Crippen molar-refractivity contribution in [1.29, 1.82) is 5.41 Å². The summed E-state index contributed by atoms with van der Waals surface area (Å²) >= 11 is 0. The summed E-state index contributed by atoms with van der Waals surface area (Å²) in [5.41, 5.74) is 2.08. The van der Waals surface area contributed by atoms with Crippen molar-refractivity contribution in [2.24, 2.45) is 0 Å². The molecular formula is C17H19NOS. The predicted molar refractivity (Wildman–Crippen MR) is 85.9 cm³/mol. The van der Waals surface area contributed by atoms with Gasteiger partial charge in [0.1, 0.15) is 0 Å². The molecule has 0 heterocycles. The Labute approximate surface area is 122 Å². The largest absolute Gasteiger partial charge is 0.308 e. The number of benzene rings is 2. The highest BCUT2D eigenvalue weighted by Gasteiger charge is 2.21. The van der Waals surface area contributed by atoms with Gasteiger partial charge < -0.3 is 5.41 Å². The predicted octanol–water partition coefficient (Wildman–Crippen LogP) is 4.03. The molecule has 0 spiro atoms. The number of hydrogen-bond donors (Lipinski definition) is 1. The molecule has 0 bridgehead atoms. The molecule has 0 amide bonds. The smallest absolute Gasteiger partial charge is 0.0494 e. The highest BCUT2D eigenvalue weighted by molar-refractivity contribution is 7.84. The Hall–Kier alpha value is -1.48. The van der Waals surface area contributed by atoms with E-state index < -0.39 is 10.8 Å². The fourth-order valence-electron chi connectivity index (χ4n) is 3.06. The molecule has 1 aliphatic carbocycles. The Morgan fingerprint density at radius 2 is 1.80 bits per heavy atom. The van der Waals surface area contributed by atoms with Crippen molar-refractivity contribution in [3.8, 4) is 0 Å². The van der Waals surface area contributed by atoms with Crippen molar-refractivity contribution in [3.05, 3.63) is 47.5 Å². The van der Waals surface area contributed by atoms with E-state index in [2.05, 4.69) is 6.07 Å². The molecular weight excluding hydrogens is 266 g/mol. The standard InChI is InChI=1S/C17H19NOS/c18-11-13-9-10-14(17-8-4-3-7-16(13)17)12-20(19)15-5-1-2-6-15/h3-4,7-11,15,18H,1-2,5-6,12H2. The molecule has 1 N–H and O–H groups in total. The van der Waals surface area contributed by atoms with E-state index in [0.29, 0.717) is 11.0 Å². The lowest BCUT2D eigenvalue weighted by molar-refractivity contribution is 0.668. The molecule has 1 unspecified atom stereocenters. The van der Waals surface area contributed by atoms with Crippen molar-refractivity contribution in [3.63, 3.8) is 0 Å². The maximum atomic E-state index is 12.5. The molecule has 0 radical (unpaired) electrons. The fraction of sp³-hybridized carbons (Fsp3) is 0.353. The first-order chi connectivity index (χ1) is 9.79. The van der Waals surface area contributed by atoms with E-state index in [1.165, 1.54) is 19.1 Å². The third-order valence-electron chi connectivity index (χ3n) is 4.18. The summed E-state index contributed by atoms with van der Waals surface area (Å²) in [4.78, 5) is 0. The maximum Gasteiger partial charge on any atom is 0.0494 e. The normalized spacial score (nSPS) is 17.4. The summed E-state index contributed by atoms with van der Waals surface area (Å²) in [6.45, 7) is 0. The van der Waals surface area contributed by atoms with Crippen LogP contribution in [0.25, 0.3) is 10.8 Å². The van der Waals surface area contributed by atoms with Gasteiger partial charge in [0.2, 0.25) is 0 Å². The van der Waals surface area contributed by atoms with Crippen molar-refractivity contribution in [2.45, 2.75) is 36.7 Å². The molecule has 0 aliphatic heterocycles. The summed E-state index contributed by atoms with van der Waals surface area (Å²) < 4.78 is 12.5. The van der Waals surface area contributed by atoms with Crippen molar-refractivity contribution in [1.82, 2.24) is 0 Å². The van der Waals surface area contributed by atoms with Crippen LogP contribution in [0.5, 0.6) is 0 Å². The van der Waals surface area contributed by atoms with Crippen LogP contribution in [-0.4, -0.2) is 15.7 Å². The molecule has 3 rings (SSSR count). The zero-order valence-corrected chi connectivity index (χ0v) is 12.3. The second kappa shape index (κ2) is 5.88. The van der Waals surface area contributed by atoms with E-state index in [4.69, 9.17) is 5.41 Å². The van der Waals surface area contributed by atoms with Gasteiger partial charge in [0.15, 0.2) is 0 Å². The fourth-order valence-corrected chi connectivity index (χ4v) is 4.71. The Kier molecular flexibility index (Phi) is 3.97. The average Bonchev–Trinajstić information content (AvgIpc) is 3.02. The summed E-state index contributed by atoms with van der Waals surface area (Å²) in [7, 11) is -0.768. The van der Waals surface area contributed by atoms with E-state index in [1.54, 1.807) is 0 Å². The quantitative estimate of drug-likeness (QED) is 0.847. The third-order valence-corrected chi connectivity index (χ3v) is 5.99. The lowest BCUT2D eigenvalue weighted by Gasteiger charge is -2.12. The van der Waals surface area contributed by atoms with Gasteiger partial charge in [0, 0.05) is 28.0 Å². The topological polar surface area (TPSA) is 40.9 Å². The van der Waals surface area contributed by atoms with Gasteiger partial charge in [-0.05, 0) is 34.7 Å². The van der Waals surface area contributed by atoms with Crippen LogP contribution in [0.2, 0.25) is 0 Å². The van der Waals surface area contributed by atoms with Gasteiger partial charge in [0.05, 0.1) is 0 Å². The van der Waals surface area contributed by atoms with Crippen LogP contribution in [0.4, 0.5) is 0 Å². The first-order valence-corrected chi connectivity index (χ1v) is 8.56. The van der Waals surface area contributed by atoms with Crippen LogP contribution >= 0.6 is 0 Å². The summed E-state index contributed by atoms with van der Waals surface area (Å²) in [6.07, 6.45) is 6.07. The number of fused-ring (bicyclic) bond motifs is 1. The van der Waals surface area contributed by atoms with E-state index in [-0.39, 0.29) is 0 Å². The monoisotopic (exact) mass is 285 g/mol. The lowest BCUT2D eigenvalue weighted by atomic mass is 10.0. The Morgan fingerprint density at radius 1 is 1.10 bits per heavy atom. The van der Waals surface area contributed by atoms with Crippen molar-refractivity contribution < 1.29 is 4.21 Å².